The molecule has 0 aliphatic carbocycles. The van der Waals surface area contributed by atoms with Gasteiger partial charge in [-0.2, -0.15) is 0 Å². The van der Waals surface area contributed by atoms with E-state index in [2.05, 4.69) is 48.0 Å². The van der Waals surface area contributed by atoms with Gasteiger partial charge in [-0.15, -0.1) is 0 Å². The van der Waals surface area contributed by atoms with Crippen molar-refractivity contribution < 1.29 is 57.9 Å². The third-order valence-corrected chi connectivity index (χ3v) is 4.46. The Morgan fingerprint density at radius 1 is 0.524 bits per heavy atom. The van der Waals surface area contributed by atoms with E-state index in [0.29, 0.717) is 0 Å². The van der Waals surface area contributed by atoms with Gasteiger partial charge in [0, 0.05) is 0 Å². The minimum Gasteiger partial charge on any atom is -1.00 e. The minimum absolute atomic E-state index is 0. The number of hydrogen-bond acceptors (Lipinski definition) is 3. The first-order valence-corrected chi connectivity index (χ1v) is 8.21. The molecule has 1 fully saturated rings. The Balaban J connectivity index is -0.00000108. The van der Waals surface area contributed by atoms with Gasteiger partial charge in [0.05, 0.1) is 0 Å². The van der Waals surface area contributed by atoms with Gasteiger partial charge in [0.2, 0.25) is 0 Å². The molecular weight excluding hydrogens is 364 g/mol. The van der Waals surface area contributed by atoms with E-state index in [9.17, 15) is 0 Å². The molecule has 0 spiro atoms. The van der Waals surface area contributed by atoms with Gasteiger partial charge in [-0.1, -0.05) is 0 Å². The average Bonchev–Trinajstić information content (AvgIpc) is 2.35. The second kappa shape index (κ2) is 17.8. The molecule has 1 aliphatic heterocycles. The van der Waals surface area contributed by atoms with Gasteiger partial charge in [-0.3, -0.25) is 0 Å². The van der Waals surface area contributed by atoms with Crippen molar-refractivity contribution in [2.75, 3.05) is 53.4 Å². The first kappa shape index (κ1) is 27.3. The molecule has 0 saturated carbocycles. The molecule has 0 amide bonds. The number of nitrogens with zero attached hydrogens (tertiary/aromatic N) is 3. The van der Waals surface area contributed by atoms with Crippen molar-refractivity contribution in [1.29, 1.82) is 0 Å². The average molecular weight is 395 g/mol. The number of halogens is 3. The Kier molecular flexibility index (Phi) is 23.2. The minimum atomic E-state index is 0. The van der Waals surface area contributed by atoms with Gasteiger partial charge in [0.1, 0.15) is 0 Å². The second-order valence-corrected chi connectivity index (χ2v) is 6.70. The molecule has 0 aromatic carbocycles. The molecular formula is C14H30Cl3N3Ti. The van der Waals surface area contributed by atoms with E-state index in [1.54, 1.807) is 0 Å². The Morgan fingerprint density at radius 3 is 1.05 bits per heavy atom. The molecule has 7 heteroatoms. The predicted octanol–water partition coefficient (Wildman–Crippen LogP) is -7.02. The Morgan fingerprint density at radius 2 is 0.762 bits per heavy atom. The summed E-state index contributed by atoms with van der Waals surface area (Å²) in [7, 11) is 4.54. The van der Waals surface area contributed by atoms with Crippen LogP contribution in [0.5, 0.6) is 0 Å². The summed E-state index contributed by atoms with van der Waals surface area (Å²) in [6, 6.07) is 0. The van der Waals surface area contributed by atoms with Crippen molar-refractivity contribution in [1.82, 2.24) is 13.2 Å². The fraction of sp³-hybridized carbons (Fsp3) is 1.00. The van der Waals surface area contributed by atoms with Crippen molar-refractivity contribution in [3.63, 3.8) is 0 Å². The first-order valence-electron chi connectivity index (χ1n) is 7.52. The van der Waals surface area contributed by atoms with Crippen LogP contribution in [0.4, 0.5) is 0 Å². The molecule has 0 unspecified atom stereocenters. The van der Waals surface area contributed by atoms with Crippen LogP contribution in [0.3, 0.4) is 0 Å². The van der Waals surface area contributed by atoms with Crippen LogP contribution < -0.4 is 37.2 Å². The predicted molar refractivity (Wildman–Crippen MR) is 74.3 cm³/mol. The van der Waals surface area contributed by atoms with Crippen molar-refractivity contribution in [2.45, 2.75) is 38.5 Å². The third-order valence-electron chi connectivity index (χ3n) is 3.77. The van der Waals surface area contributed by atoms with E-state index < -0.39 is 0 Å². The Bertz CT molecular complexity index is 163. The van der Waals surface area contributed by atoms with Crippen LogP contribution in [-0.4, -0.2) is 66.5 Å². The zero-order valence-corrected chi connectivity index (χ0v) is 17.3. The fourth-order valence-corrected chi connectivity index (χ4v) is 2.96. The molecule has 0 aromatic rings. The molecule has 0 aromatic heterocycles. The summed E-state index contributed by atoms with van der Waals surface area (Å²) in [5.41, 5.74) is 0. The maximum Gasteiger partial charge on any atom is -1.00 e. The summed E-state index contributed by atoms with van der Waals surface area (Å²) in [6.07, 6.45) is 8.09. The van der Waals surface area contributed by atoms with Crippen LogP contribution in [0, 0.1) is 0 Å². The van der Waals surface area contributed by atoms with Gasteiger partial charge in [-0.25, -0.2) is 0 Å². The van der Waals surface area contributed by atoms with E-state index in [-0.39, 0.29) is 37.2 Å². The molecule has 21 heavy (non-hydrogen) atoms. The van der Waals surface area contributed by atoms with Gasteiger partial charge in [0.25, 0.3) is 0 Å². The zero-order chi connectivity index (χ0) is 13.2. The van der Waals surface area contributed by atoms with Crippen LogP contribution in [0.2, 0.25) is 0 Å². The standard InChI is InChI=1S/C14H30N3.3ClH.Ti/c1-16-11-5-3-9-15-10-4-6-12-17(2)14-8-7-13-16;;;;/h3-14H2,1-2H3;3*1H;/q-1;;;;+4/p-3. The molecule has 0 radical (unpaired) electrons. The second-order valence-electron chi connectivity index (χ2n) is 5.71. The molecule has 1 rings (SSSR count). The summed E-state index contributed by atoms with van der Waals surface area (Å²) in [4.78, 5) is 5.00. The topological polar surface area (TPSA) is 9.72 Å². The molecule has 1 saturated heterocycles. The molecule has 0 N–H and O–H groups in total. The Hall–Kier alpha value is 1.46. The van der Waals surface area contributed by atoms with Crippen LogP contribution in [-0.2, 0) is 20.7 Å². The normalized spacial score (nSPS) is 21.9. The van der Waals surface area contributed by atoms with E-state index in [4.69, 9.17) is 0 Å². The maximum absolute atomic E-state index is 2.50. The van der Waals surface area contributed by atoms with Gasteiger partial charge in [-0.05, 0) is 0 Å². The van der Waals surface area contributed by atoms with Crippen LogP contribution in [0.15, 0.2) is 0 Å². The van der Waals surface area contributed by atoms with Crippen LogP contribution >= 0.6 is 0 Å². The smallest absolute Gasteiger partial charge is 1.00 e. The van der Waals surface area contributed by atoms with E-state index in [1.165, 1.54) is 77.8 Å². The van der Waals surface area contributed by atoms with E-state index in [0.717, 1.165) is 0 Å². The Labute approximate surface area is 162 Å². The van der Waals surface area contributed by atoms with Crippen molar-refractivity contribution >= 4 is 0 Å². The SMILES string of the molecule is CN1CCCCN(C)CCCC[N]([Ti+3])CCCC1.[Cl-].[Cl-].[Cl-]. The molecule has 0 bridgehead atoms. The van der Waals surface area contributed by atoms with E-state index >= 15 is 0 Å². The zero-order valence-electron chi connectivity index (χ0n) is 13.5. The monoisotopic (exact) mass is 393 g/mol. The molecule has 1 heterocycles. The largest absolute Gasteiger partial charge is 1.00 e. The fourth-order valence-electron chi connectivity index (χ4n) is 2.47. The third kappa shape index (κ3) is 16.1. The van der Waals surface area contributed by atoms with Crippen LogP contribution in [0.25, 0.3) is 0 Å². The van der Waals surface area contributed by atoms with Gasteiger partial charge in [0.15, 0.2) is 0 Å². The van der Waals surface area contributed by atoms with Crippen molar-refractivity contribution in [3.05, 3.63) is 0 Å². The number of hydrogen-bond donors (Lipinski definition) is 0. The molecule has 0 atom stereocenters. The molecule has 3 nitrogen and oxygen atoms in total. The molecule has 1 aliphatic rings. The maximum atomic E-state index is 2.50. The summed E-state index contributed by atoms with van der Waals surface area (Å²) in [6.45, 7) is 7.61. The van der Waals surface area contributed by atoms with Gasteiger partial charge < -0.3 is 37.2 Å². The van der Waals surface area contributed by atoms with Gasteiger partial charge >= 0.3 is 126 Å². The quantitative estimate of drug-likeness (QED) is 0.378. The summed E-state index contributed by atoms with van der Waals surface area (Å²) < 4.78 is 2.50. The molecule has 126 valence electrons. The van der Waals surface area contributed by atoms with Crippen molar-refractivity contribution in [3.8, 4) is 0 Å². The first-order chi connectivity index (χ1) is 8.68. The number of rotatable bonds is 0. The summed E-state index contributed by atoms with van der Waals surface area (Å²) in [5.74, 6) is 0. The summed E-state index contributed by atoms with van der Waals surface area (Å²) in [5, 5.41) is 0. The van der Waals surface area contributed by atoms with Crippen molar-refractivity contribution in [2.24, 2.45) is 0 Å². The summed E-state index contributed by atoms with van der Waals surface area (Å²) >= 11 is 2.27. The van der Waals surface area contributed by atoms with E-state index in [1.807, 2.05) is 0 Å². The van der Waals surface area contributed by atoms with Crippen LogP contribution in [0.1, 0.15) is 38.5 Å².